The highest BCUT2D eigenvalue weighted by Gasteiger charge is 2.17. The fourth-order valence-corrected chi connectivity index (χ4v) is 2.44. The molecule has 90 valence electrons. The van der Waals surface area contributed by atoms with Crippen molar-refractivity contribution in [2.75, 3.05) is 11.9 Å². The van der Waals surface area contributed by atoms with Crippen LogP contribution in [0.5, 0.6) is 0 Å². The standard InChI is InChI=1S/C16H15NO/c18-16(13-6-2-1-3-7-13)14-10-4-8-12-9-5-11-17-15(12)14/h1-4,6-8,10,17H,5,9,11H2. The number of aryl methyl sites for hydroxylation is 1. The third kappa shape index (κ3) is 1.90. The molecule has 0 bridgehead atoms. The van der Waals surface area contributed by atoms with E-state index in [1.165, 1.54) is 5.56 Å². The van der Waals surface area contributed by atoms with Gasteiger partial charge in [0, 0.05) is 23.4 Å². The Morgan fingerprint density at radius 2 is 1.83 bits per heavy atom. The van der Waals surface area contributed by atoms with Crippen molar-refractivity contribution in [3.63, 3.8) is 0 Å². The first kappa shape index (κ1) is 11.0. The van der Waals surface area contributed by atoms with Gasteiger partial charge in [-0.15, -0.1) is 0 Å². The highest BCUT2D eigenvalue weighted by Crippen LogP contribution is 2.27. The Balaban J connectivity index is 2.05. The molecule has 0 saturated carbocycles. The molecular formula is C16H15NO. The lowest BCUT2D eigenvalue weighted by atomic mass is 9.95. The van der Waals surface area contributed by atoms with E-state index in [1.54, 1.807) is 0 Å². The molecular weight excluding hydrogens is 222 g/mol. The average Bonchev–Trinajstić information content (AvgIpc) is 2.47. The van der Waals surface area contributed by atoms with E-state index in [9.17, 15) is 4.79 Å². The van der Waals surface area contributed by atoms with Crippen LogP contribution in [0.15, 0.2) is 48.5 Å². The maximum absolute atomic E-state index is 12.5. The zero-order chi connectivity index (χ0) is 12.4. The molecule has 1 N–H and O–H groups in total. The number of fused-ring (bicyclic) bond motifs is 1. The number of ketones is 1. The van der Waals surface area contributed by atoms with Gasteiger partial charge in [0.1, 0.15) is 0 Å². The summed E-state index contributed by atoms with van der Waals surface area (Å²) < 4.78 is 0. The average molecular weight is 237 g/mol. The molecule has 0 radical (unpaired) electrons. The molecule has 18 heavy (non-hydrogen) atoms. The summed E-state index contributed by atoms with van der Waals surface area (Å²) in [5.74, 6) is 0.0989. The number of hydrogen-bond acceptors (Lipinski definition) is 2. The fourth-order valence-electron chi connectivity index (χ4n) is 2.44. The minimum atomic E-state index is 0.0989. The van der Waals surface area contributed by atoms with Crippen molar-refractivity contribution >= 4 is 11.5 Å². The van der Waals surface area contributed by atoms with Crippen molar-refractivity contribution in [2.45, 2.75) is 12.8 Å². The van der Waals surface area contributed by atoms with Gasteiger partial charge >= 0.3 is 0 Å². The zero-order valence-electron chi connectivity index (χ0n) is 10.1. The Kier molecular flexibility index (Phi) is 2.85. The molecule has 1 aliphatic rings. The molecule has 0 spiro atoms. The van der Waals surface area contributed by atoms with Gasteiger partial charge in [0.25, 0.3) is 0 Å². The highest BCUT2D eigenvalue weighted by molar-refractivity contribution is 6.12. The van der Waals surface area contributed by atoms with E-state index in [2.05, 4.69) is 11.4 Å². The zero-order valence-corrected chi connectivity index (χ0v) is 10.1. The molecule has 2 aromatic rings. The Hall–Kier alpha value is -2.09. The van der Waals surface area contributed by atoms with Crippen molar-refractivity contribution in [2.24, 2.45) is 0 Å². The Morgan fingerprint density at radius 1 is 1.00 bits per heavy atom. The van der Waals surface area contributed by atoms with E-state index in [0.29, 0.717) is 0 Å². The number of hydrogen-bond donors (Lipinski definition) is 1. The molecule has 2 aromatic carbocycles. The number of carbonyl (C=O) groups is 1. The monoisotopic (exact) mass is 237 g/mol. The first-order chi connectivity index (χ1) is 8.86. The van der Waals surface area contributed by atoms with Crippen LogP contribution in [-0.4, -0.2) is 12.3 Å². The number of rotatable bonds is 2. The van der Waals surface area contributed by atoms with E-state index < -0.39 is 0 Å². The number of carbonyl (C=O) groups excluding carboxylic acids is 1. The molecule has 0 unspecified atom stereocenters. The van der Waals surface area contributed by atoms with Crippen molar-refractivity contribution in [1.29, 1.82) is 0 Å². The van der Waals surface area contributed by atoms with Crippen molar-refractivity contribution in [3.8, 4) is 0 Å². The smallest absolute Gasteiger partial charge is 0.195 e. The van der Waals surface area contributed by atoms with Gasteiger partial charge in [-0.05, 0) is 24.5 Å². The van der Waals surface area contributed by atoms with E-state index in [1.807, 2.05) is 42.5 Å². The first-order valence-electron chi connectivity index (χ1n) is 6.32. The molecule has 0 amide bonds. The molecule has 0 atom stereocenters. The van der Waals surface area contributed by atoms with Gasteiger partial charge in [0.2, 0.25) is 0 Å². The van der Waals surface area contributed by atoms with Crippen molar-refractivity contribution in [1.82, 2.24) is 0 Å². The summed E-state index contributed by atoms with van der Waals surface area (Å²) in [6.45, 7) is 0.950. The maximum Gasteiger partial charge on any atom is 0.195 e. The third-order valence-electron chi connectivity index (χ3n) is 3.36. The molecule has 1 heterocycles. The van der Waals surface area contributed by atoms with E-state index in [0.717, 1.165) is 36.2 Å². The minimum absolute atomic E-state index is 0.0989. The summed E-state index contributed by atoms with van der Waals surface area (Å²) in [7, 11) is 0. The van der Waals surface area contributed by atoms with Crippen molar-refractivity contribution in [3.05, 3.63) is 65.2 Å². The Labute approximate surface area is 107 Å². The summed E-state index contributed by atoms with van der Waals surface area (Å²) in [4.78, 5) is 12.5. The third-order valence-corrected chi connectivity index (χ3v) is 3.36. The Bertz CT molecular complexity index is 575. The normalized spacial score (nSPS) is 13.6. The van der Waals surface area contributed by atoms with Gasteiger partial charge in [-0.25, -0.2) is 0 Å². The van der Waals surface area contributed by atoms with Crippen LogP contribution >= 0.6 is 0 Å². The second-order valence-electron chi connectivity index (χ2n) is 4.57. The summed E-state index contributed by atoms with van der Waals surface area (Å²) in [5.41, 5.74) is 3.82. The second kappa shape index (κ2) is 4.65. The number of para-hydroxylation sites is 1. The molecule has 0 fully saturated rings. The summed E-state index contributed by atoms with van der Waals surface area (Å²) in [6, 6.07) is 15.4. The Morgan fingerprint density at radius 3 is 2.67 bits per heavy atom. The van der Waals surface area contributed by atoms with Crippen LogP contribution in [0.3, 0.4) is 0 Å². The van der Waals surface area contributed by atoms with Crippen LogP contribution < -0.4 is 5.32 Å². The molecule has 2 nitrogen and oxygen atoms in total. The highest BCUT2D eigenvalue weighted by atomic mass is 16.1. The van der Waals surface area contributed by atoms with Crippen LogP contribution in [0, 0.1) is 0 Å². The molecule has 0 aromatic heterocycles. The minimum Gasteiger partial charge on any atom is -0.384 e. The van der Waals surface area contributed by atoms with Crippen LogP contribution in [0.25, 0.3) is 0 Å². The van der Waals surface area contributed by atoms with E-state index in [4.69, 9.17) is 0 Å². The number of anilines is 1. The van der Waals surface area contributed by atoms with Crippen molar-refractivity contribution < 1.29 is 4.79 Å². The van der Waals surface area contributed by atoms with Gasteiger partial charge < -0.3 is 5.32 Å². The van der Waals surface area contributed by atoms with Crippen LogP contribution in [0.1, 0.15) is 27.9 Å². The summed E-state index contributed by atoms with van der Waals surface area (Å²) in [5, 5.41) is 3.36. The lowest BCUT2D eigenvalue weighted by Gasteiger charge is -2.20. The summed E-state index contributed by atoms with van der Waals surface area (Å²) >= 11 is 0. The predicted molar refractivity (Wildman–Crippen MR) is 73.1 cm³/mol. The second-order valence-corrected chi connectivity index (χ2v) is 4.57. The topological polar surface area (TPSA) is 29.1 Å². The largest absolute Gasteiger partial charge is 0.384 e. The first-order valence-corrected chi connectivity index (χ1v) is 6.32. The lowest BCUT2D eigenvalue weighted by Crippen LogP contribution is -2.16. The molecule has 0 aliphatic carbocycles. The fraction of sp³-hybridized carbons (Fsp3) is 0.188. The molecule has 2 heteroatoms. The van der Waals surface area contributed by atoms with Gasteiger partial charge in [-0.2, -0.15) is 0 Å². The lowest BCUT2D eigenvalue weighted by molar-refractivity contribution is 0.103. The van der Waals surface area contributed by atoms with E-state index >= 15 is 0 Å². The van der Waals surface area contributed by atoms with Crippen LogP contribution in [-0.2, 0) is 6.42 Å². The van der Waals surface area contributed by atoms with Gasteiger partial charge in [0.05, 0.1) is 0 Å². The predicted octanol–water partition coefficient (Wildman–Crippen LogP) is 3.28. The van der Waals surface area contributed by atoms with Crippen LogP contribution in [0.4, 0.5) is 5.69 Å². The summed E-state index contributed by atoms with van der Waals surface area (Å²) in [6.07, 6.45) is 2.19. The molecule has 0 saturated heterocycles. The van der Waals surface area contributed by atoms with Gasteiger partial charge in [-0.3, -0.25) is 4.79 Å². The maximum atomic E-state index is 12.5. The van der Waals surface area contributed by atoms with Crippen LogP contribution in [0.2, 0.25) is 0 Å². The van der Waals surface area contributed by atoms with Gasteiger partial charge in [0.15, 0.2) is 5.78 Å². The SMILES string of the molecule is O=C(c1ccccc1)c1cccc2c1NCCC2. The molecule has 1 aliphatic heterocycles. The van der Waals surface area contributed by atoms with E-state index in [-0.39, 0.29) is 5.78 Å². The van der Waals surface area contributed by atoms with Gasteiger partial charge in [-0.1, -0.05) is 42.5 Å². The number of benzene rings is 2. The quantitative estimate of drug-likeness (QED) is 0.812. The molecule has 3 rings (SSSR count). The number of nitrogens with one attached hydrogen (secondary N) is 1.